The van der Waals surface area contributed by atoms with Gasteiger partial charge in [0.15, 0.2) is 0 Å². The molecule has 1 fully saturated rings. The fourth-order valence-corrected chi connectivity index (χ4v) is 3.59. The average molecular weight is 440 g/mol. The van der Waals surface area contributed by atoms with Crippen molar-refractivity contribution in [1.29, 1.82) is 0 Å². The Balaban J connectivity index is 1.71. The van der Waals surface area contributed by atoms with E-state index >= 15 is 0 Å². The summed E-state index contributed by atoms with van der Waals surface area (Å²) in [6.07, 6.45) is 1.08. The van der Waals surface area contributed by atoms with Gasteiger partial charge in [-0.15, -0.1) is 10.1 Å². The maximum absolute atomic E-state index is 12.4. The lowest BCUT2D eigenvalue weighted by Crippen LogP contribution is -2.49. The lowest BCUT2D eigenvalue weighted by molar-refractivity contribution is -0.769. The third-order valence-corrected chi connectivity index (χ3v) is 5.75. The number of carbonyl (C=O) groups excluding carboxylic acids is 1. The molecule has 0 spiro atoms. The topological polar surface area (TPSA) is 143 Å². The first-order valence-corrected chi connectivity index (χ1v) is 10.5. The summed E-state index contributed by atoms with van der Waals surface area (Å²) >= 11 is 0. The van der Waals surface area contributed by atoms with Crippen LogP contribution in [0.5, 0.6) is 11.5 Å². The van der Waals surface area contributed by atoms with E-state index in [1.807, 2.05) is 13.8 Å². The molecule has 1 aromatic rings. The molecule has 1 amide bonds. The van der Waals surface area contributed by atoms with Crippen LogP contribution in [0.25, 0.3) is 0 Å². The number of aliphatic hydroxyl groups is 1. The predicted octanol–water partition coefficient (Wildman–Crippen LogP) is 1.67. The number of nitrogens with zero attached hydrogens (tertiary/aromatic N) is 1. The Labute approximate surface area is 182 Å². The molecule has 4 N–H and O–H groups in total. The van der Waals surface area contributed by atoms with Gasteiger partial charge < -0.3 is 30.4 Å². The lowest BCUT2D eigenvalue weighted by atomic mass is 9.93. The van der Waals surface area contributed by atoms with Gasteiger partial charge in [0.1, 0.15) is 30.3 Å². The zero-order valence-electron chi connectivity index (χ0n) is 18.5. The van der Waals surface area contributed by atoms with E-state index in [4.69, 9.17) is 4.74 Å². The number of nitrogens with one attached hydrogen (secondary N) is 2. The molecule has 1 aliphatic rings. The molecule has 10 nitrogen and oxygen atoms in total. The van der Waals surface area contributed by atoms with Crippen molar-refractivity contribution in [3.05, 3.63) is 32.9 Å². The van der Waals surface area contributed by atoms with Crippen LogP contribution < -0.4 is 15.4 Å². The van der Waals surface area contributed by atoms with E-state index in [1.165, 1.54) is 0 Å². The van der Waals surface area contributed by atoms with E-state index in [-0.39, 0.29) is 30.9 Å². The monoisotopic (exact) mass is 439 g/mol. The number of hydrogen-bond acceptors (Lipinski definition) is 8. The Hall–Kier alpha value is -2.59. The minimum Gasteiger partial charge on any atom is -0.507 e. The van der Waals surface area contributed by atoms with Crippen molar-refractivity contribution in [3.63, 3.8) is 0 Å². The van der Waals surface area contributed by atoms with Crippen molar-refractivity contribution >= 4 is 5.91 Å². The molecule has 0 heterocycles. The van der Waals surface area contributed by atoms with Gasteiger partial charge in [-0.05, 0) is 76.1 Å². The highest BCUT2D eigenvalue weighted by Crippen LogP contribution is 2.32. The van der Waals surface area contributed by atoms with Gasteiger partial charge in [0.05, 0.1) is 6.04 Å². The molecule has 1 aromatic carbocycles. The first-order valence-electron chi connectivity index (χ1n) is 10.5. The molecule has 0 bridgehead atoms. The predicted molar refractivity (Wildman–Crippen MR) is 114 cm³/mol. The first-order chi connectivity index (χ1) is 14.6. The van der Waals surface area contributed by atoms with Gasteiger partial charge in [0.25, 0.3) is 5.09 Å². The van der Waals surface area contributed by atoms with Gasteiger partial charge in [-0.1, -0.05) is 0 Å². The summed E-state index contributed by atoms with van der Waals surface area (Å²) in [5, 5.41) is 35.7. The minimum absolute atomic E-state index is 0.0411. The zero-order chi connectivity index (χ0) is 23.1. The van der Waals surface area contributed by atoms with Crippen molar-refractivity contribution in [2.75, 3.05) is 13.2 Å². The standard InChI is InChI=1S/C21H33N3O7/c1-12-9-19(13(2)14(3)20(12)26)30-11-17(25)10-22-15(4)21(27)23-16-5-7-18(8-6-16)31-24(28)29/h9,15-18,22,25-26H,5-8,10-11H2,1-4H3,(H,23,27). The van der Waals surface area contributed by atoms with E-state index in [1.54, 1.807) is 19.9 Å². The summed E-state index contributed by atoms with van der Waals surface area (Å²) in [4.78, 5) is 27.3. The fraction of sp³-hybridized carbons (Fsp3) is 0.667. The summed E-state index contributed by atoms with van der Waals surface area (Å²) in [7, 11) is 0. The maximum atomic E-state index is 12.4. The average Bonchev–Trinajstić information content (AvgIpc) is 2.73. The van der Waals surface area contributed by atoms with Crippen LogP contribution in [0.2, 0.25) is 0 Å². The molecule has 0 aromatic heterocycles. The van der Waals surface area contributed by atoms with Gasteiger partial charge in [-0.25, -0.2) is 0 Å². The van der Waals surface area contributed by atoms with E-state index in [0.29, 0.717) is 37.0 Å². The molecule has 1 aliphatic carbocycles. The summed E-state index contributed by atoms with van der Waals surface area (Å²) < 4.78 is 5.71. The van der Waals surface area contributed by atoms with Gasteiger partial charge in [-0.2, -0.15) is 0 Å². The van der Waals surface area contributed by atoms with Crippen LogP contribution in [0.3, 0.4) is 0 Å². The molecule has 0 aliphatic heterocycles. The molecule has 10 heteroatoms. The second kappa shape index (κ2) is 11.1. The number of aromatic hydroxyl groups is 1. The third-order valence-electron chi connectivity index (χ3n) is 5.75. The highest BCUT2D eigenvalue weighted by Gasteiger charge is 2.26. The number of rotatable bonds is 10. The second-order valence-electron chi connectivity index (χ2n) is 8.20. The fourth-order valence-electron chi connectivity index (χ4n) is 3.59. The lowest BCUT2D eigenvalue weighted by Gasteiger charge is -2.28. The number of hydrogen-bond donors (Lipinski definition) is 4. The van der Waals surface area contributed by atoms with E-state index < -0.39 is 23.3 Å². The van der Waals surface area contributed by atoms with Crippen LogP contribution in [0, 0.1) is 30.9 Å². The van der Waals surface area contributed by atoms with Crippen LogP contribution >= 0.6 is 0 Å². The van der Waals surface area contributed by atoms with Crippen molar-refractivity contribution in [1.82, 2.24) is 10.6 Å². The van der Waals surface area contributed by atoms with Crippen molar-refractivity contribution in [2.24, 2.45) is 0 Å². The zero-order valence-corrected chi connectivity index (χ0v) is 18.5. The highest BCUT2D eigenvalue weighted by molar-refractivity contribution is 5.81. The van der Waals surface area contributed by atoms with Gasteiger partial charge in [0, 0.05) is 12.6 Å². The Kier molecular flexibility index (Phi) is 8.88. The van der Waals surface area contributed by atoms with Crippen molar-refractivity contribution < 1.29 is 29.7 Å². The van der Waals surface area contributed by atoms with Gasteiger partial charge >= 0.3 is 0 Å². The van der Waals surface area contributed by atoms with Crippen LogP contribution in [-0.4, -0.2) is 58.7 Å². The number of carbonyl (C=O) groups is 1. The molecular weight excluding hydrogens is 406 g/mol. The molecule has 0 saturated heterocycles. The number of benzene rings is 1. The molecule has 2 atom stereocenters. The molecule has 31 heavy (non-hydrogen) atoms. The Bertz CT molecular complexity index is 779. The van der Waals surface area contributed by atoms with Crippen molar-refractivity contribution in [3.8, 4) is 11.5 Å². The minimum atomic E-state index is -0.821. The second-order valence-corrected chi connectivity index (χ2v) is 8.20. The van der Waals surface area contributed by atoms with E-state index in [2.05, 4.69) is 15.5 Å². The number of phenolic OH excluding ortho intramolecular Hbond substituents is 1. The summed E-state index contributed by atoms with van der Waals surface area (Å²) in [6, 6.07) is 1.18. The number of phenols is 1. The molecule has 0 radical (unpaired) electrons. The van der Waals surface area contributed by atoms with Crippen LogP contribution in [-0.2, 0) is 9.63 Å². The first kappa shape index (κ1) is 24.7. The highest BCUT2D eigenvalue weighted by atomic mass is 17.0. The Morgan fingerprint density at radius 1 is 1.26 bits per heavy atom. The summed E-state index contributed by atoms with van der Waals surface area (Å²) in [6.45, 7) is 7.37. The van der Waals surface area contributed by atoms with Gasteiger partial charge in [-0.3, -0.25) is 4.79 Å². The van der Waals surface area contributed by atoms with Gasteiger partial charge in [0.2, 0.25) is 5.91 Å². The third kappa shape index (κ3) is 7.25. The normalized spacial score (nSPS) is 20.5. The van der Waals surface area contributed by atoms with E-state index in [9.17, 15) is 25.1 Å². The smallest absolute Gasteiger partial charge is 0.294 e. The van der Waals surface area contributed by atoms with Crippen LogP contribution in [0.1, 0.15) is 49.3 Å². The van der Waals surface area contributed by atoms with Crippen LogP contribution in [0.4, 0.5) is 0 Å². The number of ether oxygens (including phenoxy) is 1. The Morgan fingerprint density at radius 2 is 1.90 bits per heavy atom. The quantitative estimate of drug-likeness (QED) is 0.318. The SMILES string of the molecule is Cc1cc(OCC(O)CNC(C)C(=O)NC2CCC(O[N+](=O)[O-])CC2)c(C)c(C)c1O. The van der Waals surface area contributed by atoms with E-state index in [0.717, 1.165) is 11.1 Å². The number of aliphatic hydroxyl groups excluding tert-OH is 1. The molecule has 2 unspecified atom stereocenters. The number of amides is 1. The molecule has 1 saturated carbocycles. The largest absolute Gasteiger partial charge is 0.507 e. The maximum Gasteiger partial charge on any atom is 0.294 e. The summed E-state index contributed by atoms with van der Waals surface area (Å²) in [5.41, 5.74) is 2.26. The molecular formula is C21H33N3O7. The molecule has 174 valence electrons. The van der Waals surface area contributed by atoms with Crippen LogP contribution in [0.15, 0.2) is 6.07 Å². The van der Waals surface area contributed by atoms with Crippen molar-refractivity contribution in [2.45, 2.75) is 77.7 Å². The Morgan fingerprint density at radius 3 is 2.52 bits per heavy atom. The number of aryl methyl sites for hydroxylation is 1. The summed E-state index contributed by atoms with van der Waals surface area (Å²) in [5.74, 6) is 0.660. The molecule has 2 rings (SSSR count).